The summed E-state index contributed by atoms with van der Waals surface area (Å²) in [5.74, 6) is 0.429. The van der Waals surface area contributed by atoms with Crippen LogP contribution in [0.3, 0.4) is 0 Å². The smallest absolute Gasteiger partial charge is 0.258 e. The predicted molar refractivity (Wildman–Crippen MR) is 125 cm³/mol. The molecule has 0 unspecified atom stereocenters. The summed E-state index contributed by atoms with van der Waals surface area (Å²) in [5, 5.41) is 12.7. The number of anilines is 1. The highest BCUT2D eigenvalue weighted by Gasteiger charge is 2.15. The summed E-state index contributed by atoms with van der Waals surface area (Å²) in [7, 11) is 0. The second-order valence-corrected chi connectivity index (χ2v) is 8.03. The minimum absolute atomic E-state index is 0.251. The van der Waals surface area contributed by atoms with Gasteiger partial charge in [-0.25, -0.2) is 0 Å². The van der Waals surface area contributed by atoms with Gasteiger partial charge >= 0.3 is 0 Å². The number of nitrogens with one attached hydrogen (secondary N) is 1. The van der Waals surface area contributed by atoms with E-state index >= 15 is 0 Å². The molecule has 154 valence electrons. The Kier molecular flexibility index (Phi) is 6.72. The van der Waals surface area contributed by atoms with Crippen molar-refractivity contribution in [3.63, 3.8) is 0 Å². The van der Waals surface area contributed by atoms with E-state index in [0.29, 0.717) is 26.5 Å². The van der Waals surface area contributed by atoms with Crippen molar-refractivity contribution in [2.45, 2.75) is 6.61 Å². The third-order valence-corrected chi connectivity index (χ3v) is 5.37. The summed E-state index contributed by atoms with van der Waals surface area (Å²) in [5.41, 5.74) is 2.30. The van der Waals surface area contributed by atoms with Gasteiger partial charge in [0.2, 0.25) is 5.13 Å². The molecule has 0 aliphatic carbocycles. The Hall–Kier alpha value is -3.48. The van der Waals surface area contributed by atoms with Crippen molar-refractivity contribution in [1.82, 2.24) is 10.2 Å². The first-order valence-electron chi connectivity index (χ1n) is 9.52. The number of rotatable bonds is 7. The largest absolute Gasteiger partial charge is 0.486 e. The average molecular weight is 448 g/mol. The van der Waals surface area contributed by atoms with Crippen LogP contribution >= 0.6 is 22.9 Å². The maximum atomic E-state index is 13.1. The molecule has 0 spiro atoms. The van der Waals surface area contributed by atoms with Crippen LogP contribution in [0.4, 0.5) is 5.13 Å². The molecule has 4 aromatic rings. The first-order valence-corrected chi connectivity index (χ1v) is 10.7. The molecule has 1 amide bonds. The first-order chi connectivity index (χ1) is 15.2. The molecule has 0 atom stereocenters. The number of ether oxygens (including phenoxy) is 1. The minimum atomic E-state index is -0.253. The molecule has 1 aromatic heterocycles. The normalized spacial score (nSPS) is 11.2. The van der Waals surface area contributed by atoms with Crippen LogP contribution in [0.15, 0.2) is 84.9 Å². The standard InChI is InChI=1S/C24H18ClN3O2S/c25-19-11-13-20(14-12-19)30-16-22-27-28-24(31-22)26-23(29)21(18-9-5-2-6-10-18)15-17-7-3-1-4-8-17/h1-15H,16H2,(H,26,28,29). The zero-order valence-corrected chi connectivity index (χ0v) is 17.9. The van der Waals surface area contributed by atoms with E-state index < -0.39 is 0 Å². The topological polar surface area (TPSA) is 64.1 Å². The summed E-state index contributed by atoms with van der Waals surface area (Å²) < 4.78 is 5.69. The molecule has 0 fully saturated rings. The molecular weight excluding hydrogens is 430 g/mol. The van der Waals surface area contributed by atoms with Gasteiger partial charge in [0.05, 0.1) is 0 Å². The number of nitrogens with zero attached hydrogens (tertiary/aromatic N) is 2. The van der Waals surface area contributed by atoms with E-state index in [1.165, 1.54) is 11.3 Å². The maximum absolute atomic E-state index is 13.1. The monoisotopic (exact) mass is 447 g/mol. The van der Waals surface area contributed by atoms with Crippen LogP contribution in [0.1, 0.15) is 16.1 Å². The predicted octanol–water partition coefficient (Wildman–Crippen LogP) is 5.95. The molecule has 0 saturated heterocycles. The van der Waals surface area contributed by atoms with E-state index in [-0.39, 0.29) is 12.5 Å². The van der Waals surface area contributed by atoms with Gasteiger partial charge in [0, 0.05) is 10.6 Å². The Labute approximate surface area is 189 Å². The third-order valence-electron chi connectivity index (χ3n) is 4.30. The lowest BCUT2D eigenvalue weighted by Crippen LogP contribution is -2.13. The molecule has 0 bridgehead atoms. The molecule has 1 heterocycles. The zero-order chi connectivity index (χ0) is 21.5. The molecule has 7 heteroatoms. The van der Waals surface area contributed by atoms with Gasteiger partial charge in [-0.2, -0.15) is 0 Å². The lowest BCUT2D eigenvalue weighted by Gasteiger charge is -2.08. The Bertz CT molecular complexity index is 1180. The van der Waals surface area contributed by atoms with Crippen molar-refractivity contribution < 1.29 is 9.53 Å². The lowest BCUT2D eigenvalue weighted by molar-refractivity contribution is -0.111. The number of hydrogen-bond acceptors (Lipinski definition) is 5. The Morgan fingerprint density at radius 2 is 1.61 bits per heavy atom. The fourth-order valence-electron chi connectivity index (χ4n) is 2.82. The number of carbonyl (C=O) groups is 1. The van der Waals surface area contributed by atoms with E-state index in [2.05, 4.69) is 15.5 Å². The van der Waals surface area contributed by atoms with Gasteiger partial charge < -0.3 is 4.74 Å². The molecular formula is C24H18ClN3O2S. The van der Waals surface area contributed by atoms with Crippen molar-refractivity contribution in [3.05, 3.63) is 106 Å². The highest BCUT2D eigenvalue weighted by molar-refractivity contribution is 7.15. The molecule has 0 aliphatic rings. The SMILES string of the molecule is O=C(Nc1nnc(COc2ccc(Cl)cc2)s1)C(=Cc1ccccc1)c1ccccc1. The lowest BCUT2D eigenvalue weighted by atomic mass is 10.0. The Morgan fingerprint density at radius 1 is 0.935 bits per heavy atom. The Balaban J connectivity index is 1.47. The number of aromatic nitrogens is 2. The van der Waals surface area contributed by atoms with Gasteiger partial charge in [-0.15, -0.1) is 10.2 Å². The van der Waals surface area contributed by atoms with Crippen molar-refractivity contribution >= 4 is 45.6 Å². The van der Waals surface area contributed by atoms with Crippen LogP contribution in [0.5, 0.6) is 5.75 Å². The quantitative estimate of drug-likeness (QED) is 0.281. The van der Waals surface area contributed by atoms with Crippen LogP contribution < -0.4 is 10.1 Å². The van der Waals surface area contributed by atoms with Crippen molar-refractivity contribution in [1.29, 1.82) is 0 Å². The Morgan fingerprint density at radius 3 is 2.32 bits per heavy atom. The zero-order valence-electron chi connectivity index (χ0n) is 16.4. The number of amides is 1. The first kappa shape index (κ1) is 20.8. The highest BCUT2D eigenvalue weighted by atomic mass is 35.5. The van der Waals surface area contributed by atoms with Crippen LogP contribution in [0.25, 0.3) is 11.6 Å². The van der Waals surface area contributed by atoms with Crippen molar-refractivity contribution in [2.24, 2.45) is 0 Å². The molecule has 0 radical (unpaired) electrons. The fourth-order valence-corrected chi connectivity index (χ4v) is 3.59. The molecule has 0 aliphatic heterocycles. The number of halogens is 1. The average Bonchev–Trinajstić information content (AvgIpc) is 3.25. The number of carbonyl (C=O) groups excluding carboxylic acids is 1. The summed E-state index contributed by atoms with van der Waals surface area (Å²) in [6.45, 7) is 0.251. The van der Waals surface area contributed by atoms with E-state index in [1.54, 1.807) is 24.3 Å². The van der Waals surface area contributed by atoms with Crippen LogP contribution in [-0.4, -0.2) is 16.1 Å². The molecule has 31 heavy (non-hydrogen) atoms. The van der Waals surface area contributed by atoms with E-state index in [4.69, 9.17) is 16.3 Å². The summed E-state index contributed by atoms with van der Waals surface area (Å²) >= 11 is 7.15. The van der Waals surface area contributed by atoms with Gasteiger partial charge in [0.15, 0.2) is 5.01 Å². The number of hydrogen-bond donors (Lipinski definition) is 1. The van der Waals surface area contributed by atoms with E-state index in [1.807, 2.05) is 66.7 Å². The molecule has 5 nitrogen and oxygen atoms in total. The second kappa shape index (κ2) is 10.0. The van der Waals surface area contributed by atoms with E-state index in [9.17, 15) is 4.79 Å². The highest BCUT2D eigenvalue weighted by Crippen LogP contribution is 2.23. The van der Waals surface area contributed by atoms with Gasteiger partial charge in [0.25, 0.3) is 5.91 Å². The van der Waals surface area contributed by atoms with Crippen LogP contribution in [-0.2, 0) is 11.4 Å². The second-order valence-electron chi connectivity index (χ2n) is 6.53. The van der Waals surface area contributed by atoms with E-state index in [0.717, 1.165) is 11.1 Å². The maximum Gasteiger partial charge on any atom is 0.258 e. The van der Waals surface area contributed by atoms with Gasteiger partial charge in [-0.3, -0.25) is 10.1 Å². The van der Waals surface area contributed by atoms with Crippen molar-refractivity contribution in [3.8, 4) is 5.75 Å². The minimum Gasteiger partial charge on any atom is -0.486 e. The molecule has 4 rings (SSSR count). The third kappa shape index (κ3) is 5.78. The van der Waals surface area contributed by atoms with Gasteiger partial charge in [0.1, 0.15) is 12.4 Å². The number of benzene rings is 3. The van der Waals surface area contributed by atoms with Gasteiger partial charge in [-0.1, -0.05) is 83.6 Å². The van der Waals surface area contributed by atoms with Crippen molar-refractivity contribution in [2.75, 3.05) is 5.32 Å². The van der Waals surface area contributed by atoms with Crippen LogP contribution in [0.2, 0.25) is 5.02 Å². The summed E-state index contributed by atoms with van der Waals surface area (Å²) in [6.07, 6.45) is 1.86. The molecule has 1 N–H and O–H groups in total. The molecule has 3 aromatic carbocycles. The summed E-state index contributed by atoms with van der Waals surface area (Å²) in [6, 6.07) is 26.3. The molecule has 0 saturated carbocycles. The van der Waals surface area contributed by atoms with Gasteiger partial charge in [-0.05, 0) is 41.5 Å². The fraction of sp³-hybridized carbons (Fsp3) is 0.0417. The summed E-state index contributed by atoms with van der Waals surface area (Å²) in [4.78, 5) is 13.1. The van der Waals surface area contributed by atoms with Crippen LogP contribution in [0, 0.1) is 0 Å².